The molecule has 1 N–H and O–H groups in total. The number of anilines is 1. The average molecular weight is 489 g/mol. The van der Waals surface area contributed by atoms with Crippen LogP contribution in [0.4, 0.5) is 5.69 Å². The lowest BCUT2D eigenvalue weighted by Crippen LogP contribution is -2.36. The number of likely N-dealkylation sites (tertiary alicyclic amines) is 1. The smallest absolute Gasteiger partial charge is 0.354 e. The van der Waals surface area contributed by atoms with Crippen LogP contribution in [0.1, 0.15) is 54.8 Å². The van der Waals surface area contributed by atoms with Gasteiger partial charge < -0.3 is 14.7 Å². The van der Waals surface area contributed by atoms with Gasteiger partial charge in [0.05, 0.1) is 42.9 Å². The van der Waals surface area contributed by atoms with Gasteiger partial charge in [0.15, 0.2) is 11.3 Å². The summed E-state index contributed by atoms with van der Waals surface area (Å²) in [6.45, 7) is 9.43. The van der Waals surface area contributed by atoms with Crippen molar-refractivity contribution in [2.75, 3.05) is 50.8 Å². The van der Waals surface area contributed by atoms with Gasteiger partial charge in [0.2, 0.25) is 0 Å². The zero-order chi connectivity index (χ0) is 25.2. The highest BCUT2D eigenvalue weighted by Crippen LogP contribution is 2.37. The standard InChI is InChI=1S/C27H32N6O3/c1-18(2)25-24-22(19-3-5-20(6-4-19)32-13-15-36-16-14-32)17-23(27(34)35)29-26(24)33(30-25)21-7-10-31(11-8-21)12-9-28/h3-6,17-18,21H,7-8,10-16H2,1-2H3,(H,34,35). The molecule has 0 atom stereocenters. The number of morpholine rings is 1. The number of carbonyl (C=O) groups is 1. The van der Waals surface area contributed by atoms with Crippen LogP contribution < -0.4 is 4.90 Å². The van der Waals surface area contributed by atoms with Gasteiger partial charge in [0.25, 0.3) is 0 Å². The first-order valence-corrected chi connectivity index (χ1v) is 12.6. The Morgan fingerprint density at radius 1 is 1.17 bits per heavy atom. The molecule has 0 bridgehead atoms. The van der Waals surface area contributed by atoms with Gasteiger partial charge in [-0.3, -0.25) is 4.90 Å². The molecule has 2 saturated heterocycles. The third-order valence-corrected chi connectivity index (χ3v) is 7.21. The Balaban J connectivity index is 1.59. The summed E-state index contributed by atoms with van der Waals surface area (Å²) in [4.78, 5) is 21.1. The predicted molar refractivity (Wildman–Crippen MR) is 137 cm³/mol. The topological polar surface area (TPSA) is 108 Å². The molecular formula is C27H32N6O3. The van der Waals surface area contributed by atoms with Crippen molar-refractivity contribution in [1.29, 1.82) is 5.26 Å². The summed E-state index contributed by atoms with van der Waals surface area (Å²) >= 11 is 0. The van der Waals surface area contributed by atoms with Crippen molar-refractivity contribution in [2.45, 2.75) is 38.6 Å². The molecule has 188 valence electrons. The van der Waals surface area contributed by atoms with E-state index >= 15 is 0 Å². The maximum Gasteiger partial charge on any atom is 0.354 e. The highest BCUT2D eigenvalue weighted by Gasteiger charge is 2.28. The number of nitrogens with zero attached hydrogens (tertiary/aromatic N) is 6. The third-order valence-electron chi connectivity index (χ3n) is 7.21. The van der Waals surface area contributed by atoms with Crippen molar-refractivity contribution in [2.24, 2.45) is 0 Å². The van der Waals surface area contributed by atoms with Gasteiger partial charge in [-0.25, -0.2) is 14.5 Å². The Bertz CT molecular complexity index is 1280. The molecular weight excluding hydrogens is 456 g/mol. The second kappa shape index (κ2) is 10.2. The minimum Gasteiger partial charge on any atom is -0.477 e. The van der Waals surface area contributed by atoms with E-state index in [9.17, 15) is 9.90 Å². The minimum absolute atomic E-state index is 0.0214. The molecule has 2 aliphatic heterocycles. The van der Waals surface area contributed by atoms with Crippen molar-refractivity contribution < 1.29 is 14.6 Å². The average Bonchev–Trinajstić information content (AvgIpc) is 3.29. The lowest BCUT2D eigenvalue weighted by atomic mass is 9.97. The Labute approximate surface area is 210 Å². The van der Waals surface area contributed by atoms with Crippen LogP contribution in [0.25, 0.3) is 22.2 Å². The van der Waals surface area contributed by atoms with E-state index in [1.807, 2.05) is 4.68 Å². The number of carboxylic acid groups (broad SMARTS) is 1. The molecule has 0 unspecified atom stereocenters. The van der Waals surface area contributed by atoms with Crippen LogP contribution in [0.15, 0.2) is 30.3 Å². The Morgan fingerprint density at radius 3 is 2.47 bits per heavy atom. The molecule has 2 aliphatic rings. The van der Waals surface area contributed by atoms with Crippen LogP contribution in [-0.2, 0) is 4.74 Å². The van der Waals surface area contributed by atoms with E-state index in [0.717, 1.165) is 80.1 Å². The second-order valence-corrected chi connectivity index (χ2v) is 9.86. The van der Waals surface area contributed by atoms with Gasteiger partial charge in [-0.05, 0) is 48.1 Å². The maximum atomic E-state index is 12.1. The molecule has 9 heteroatoms. The van der Waals surface area contributed by atoms with Crippen LogP contribution in [-0.4, -0.2) is 76.7 Å². The number of nitriles is 1. The summed E-state index contributed by atoms with van der Waals surface area (Å²) < 4.78 is 7.42. The molecule has 2 fully saturated rings. The summed E-state index contributed by atoms with van der Waals surface area (Å²) in [5, 5.41) is 24.9. The Morgan fingerprint density at radius 2 is 1.86 bits per heavy atom. The summed E-state index contributed by atoms with van der Waals surface area (Å²) in [7, 11) is 0. The van der Waals surface area contributed by atoms with E-state index < -0.39 is 5.97 Å². The summed E-state index contributed by atoms with van der Waals surface area (Å²) in [6.07, 6.45) is 1.69. The molecule has 0 aliphatic carbocycles. The van der Waals surface area contributed by atoms with Gasteiger partial charge in [-0.2, -0.15) is 10.4 Å². The number of rotatable bonds is 6. The van der Waals surface area contributed by atoms with E-state index in [1.54, 1.807) is 6.07 Å². The lowest BCUT2D eigenvalue weighted by molar-refractivity contribution is 0.0690. The molecule has 5 rings (SSSR count). The maximum absolute atomic E-state index is 12.1. The Hall–Kier alpha value is -3.48. The number of piperidine rings is 1. The SMILES string of the molecule is CC(C)c1nn(C2CCN(CC#N)CC2)c2nc(C(=O)O)cc(-c3ccc(N4CCOCC4)cc3)c12. The van der Waals surface area contributed by atoms with Crippen molar-refractivity contribution in [3.05, 3.63) is 41.7 Å². The fraction of sp³-hybridized carbons (Fsp3) is 0.481. The molecule has 1 aromatic carbocycles. The zero-order valence-electron chi connectivity index (χ0n) is 20.9. The quantitative estimate of drug-likeness (QED) is 0.520. The number of aromatic nitrogens is 3. The molecule has 9 nitrogen and oxygen atoms in total. The number of carboxylic acids is 1. The summed E-state index contributed by atoms with van der Waals surface area (Å²) in [6, 6.07) is 12.3. The van der Waals surface area contributed by atoms with E-state index in [2.05, 4.69) is 59.0 Å². The van der Waals surface area contributed by atoms with Gasteiger partial charge in [0, 0.05) is 31.9 Å². The van der Waals surface area contributed by atoms with Gasteiger partial charge in [-0.15, -0.1) is 0 Å². The van der Waals surface area contributed by atoms with Crippen LogP contribution >= 0.6 is 0 Å². The van der Waals surface area contributed by atoms with E-state index in [4.69, 9.17) is 15.1 Å². The number of hydrogen-bond acceptors (Lipinski definition) is 7. The zero-order valence-corrected chi connectivity index (χ0v) is 20.9. The van der Waals surface area contributed by atoms with Crippen LogP contribution in [0.2, 0.25) is 0 Å². The highest BCUT2D eigenvalue weighted by atomic mass is 16.5. The molecule has 0 saturated carbocycles. The second-order valence-electron chi connectivity index (χ2n) is 9.86. The van der Waals surface area contributed by atoms with Crippen LogP contribution in [0.3, 0.4) is 0 Å². The van der Waals surface area contributed by atoms with Gasteiger partial charge in [-0.1, -0.05) is 26.0 Å². The number of fused-ring (bicyclic) bond motifs is 1. The van der Waals surface area contributed by atoms with Crippen molar-refractivity contribution in [1.82, 2.24) is 19.7 Å². The van der Waals surface area contributed by atoms with Gasteiger partial charge in [0.1, 0.15) is 0 Å². The van der Waals surface area contributed by atoms with Crippen LogP contribution in [0, 0.1) is 11.3 Å². The molecule has 3 aromatic rings. The van der Waals surface area contributed by atoms with Crippen LogP contribution in [0.5, 0.6) is 0 Å². The van der Waals surface area contributed by atoms with E-state index in [1.165, 1.54) is 0 Å². The molecule has 4 heterocycles. The highest BCUT2D eigenvalue weighted by molar-refractivity contribution is 6.00. The summed E-state index contributed by atoms with van der Waals surface area (Å²) in [5.41, 5.74) is 4.52. The molecule has 0 spiro atoms. The first-order valence-electron chi connectivity index (χ1n) is 12.6. The van der Waals surface area contributed by atoms with Gasteiger partial charge >= 0.3 is 5.97 Å². The van der Waals surface area contributed by atoms with Crippen molar-refractivity contribution >= 4 is 22.7 Å². The molecule has 2 aromatic heterocycles. The minimum atomic E-state index is -1.05. The fourth-order valence-corrected chi connectivity index (χ4v) is 5.25. The molecule has 36 heavy (non-hydrogen) atoms. The normalized spacial score (nSPS) is 17.6. The third kappa shape index (κ3) is 4.66. The van der Waals surface area contributed by atoms with E-state index in [-0.39, 0.29) is 17.7 Å². The number of pyridine rings is 1. The van der Waals surface area contributed by atoms with Crippen molar-refractivity contribution in [3.63, 3.8) is 0 Å². The molecule has 0 amide bonds. The largest absolute Gasteiger partial charge is 0.477 e. The first-order chi connectivity index (χ1) is 17.5. The van der Waals surface area contributed by atoms with Crippen molar-refractivity contribution in [3.8, 4) is 17.2 Å². The molecule has 0 radical (unpaired) electrons. The fourth-order valence-electron chi connectivity index (χ4n) is 5.25. The number of aromatic carboxylic acids is 1. The number of hydrogen-bond donors (Lipinski definition) is 1. The summed E-state index contributed by atoms with van der Waals surface area (Å²) in [5.74, 6) is -0.901. The van der Waals surface area contributed by atoms with E-state index in [0.29, 0.717) is 12.2 Å². The predicted octanol–water partition coefficient (Wildman–Crippen LogP) is 3.92. The monoisotopic (exact) mass is 488 g/mol. The first kappa shape index (κ1) is 24.2. The number of benzene rings is 1. The lowest BCUT2D eigenvalue weighted by Gasteiger charge is -2.30. The Kier molecular flexibility index (Phi) is 6.90. The number of ether oxygens (including phenoxy) is 1.